The number of aryl methyl sites for hydroxylation is 1. The summed E-state index contributed by atoms with van der Waals surface area (Å²) in [6.07, 6.45) is 1.39. The fourth-order valence-corrected chi connectivity index (χ4v) is 3.33. The lowest BCUT2D eigenvalue weighted by atomic mass is 10.1. The number of methoxy groups -OCH3 is 1. The number of nitrogens with one attached hydrogen (secondary N) is 1. The Labute approximate surface area is 141 Å². The van der Waals surface area contributed by atoms with Gasteiger partial charge < -0.3 is 10.1 Å². The van der Waals surface area contributed by atoms with Gasteiger partial charge >= 0.3 is 0 Å². The summed E-state index contributed by atoms with van der Waals surface area (Å²) < 4.78 is 5.39. The lowest BCUT2D eigenvalue weighted by Crippen LogP contribution is -2.26. The van der Waals surface area contributed by atoms with Gasteiger partial charge in [-0.15, -0.1) is 11.3 Å². The van der Waals surface area contributed by atoms with E-state index in [0.717, 1.165) is 39.9 Å². The van der Waals surface area contributed by atoms with Gasteiger partial charge in [-0.1, -0.05) is 26.0 Å². The molecule has 0 unspecified atom stereocenters. The zero-order valence-corrected chi connectivity index (χ0v) is 15.0. The van der Waals surface area contributed by atoms with Gasteiger partial charge in [0, 0.05) is 11.4 Å². The van der Waals surface area contributed by atoms with Crippen molar-refractivity contribution < 1.29 is 9.53 Å². The fourth-order valence-electron chi connectivity index (χ4n) is 2.24. The number of carbonyl (C=O) groups excluding carboxylic acids is 1. The maximum Gasteiger partial charge on any atom is 0.225 e. The molecular formula is C18H24N2O2S. The van der Waals surface area contributed by atoms with Crippen LogP contribution in [0.4, 0.5) is 0 Å². The number of thiazole rings is 1. The topological polar surface area (TPSA) is 51.2 Å². The molecule has 1 aromatic heterocycles. The molecular weight excluding hydrogens is 308 g/mol. The second-order valence-electron chi connectivity index (χ2n) is 5.94. The molecule has 2 aromatic rings. The third kappa shape index (κ3) is 4.79. The molecule has 0 saturated carbocycles. The molecule has 0 fully saturated rings. The van der Waals surface area contributed by atoms with Crippen LogP contribution < -0.4 is 10.1 Å². The van der Waals surface area contributed by atoms with Gasteiger partial charge in [-0.25, -0.2) is 4.98 Å². The summed E-state index contributed by atoms with van der Waals surface area (Å²) >= 11 is 1.56. The highest BCUT2D eigenvalue weighted by Crippen LogP contribution is 2.34. The number of amides is 1. The van der Waals surface area contributed by atoms with Crippen molar-refractivity contribution in [2.45, 2.75) is 33.6 Å². The molecule has 0 aliphatic heterocycles. The van der Waals surface area contributed by atoms with E-state index in [2.05, 4.69) is 24.1 Å². The Hall–Kier alpha value is -1.88. The quantitative estimate of drug-likeness (QED) is 0.838. The average Bonchev–Trinajstić information content (AvgIpc) is 2.87. The molecule has 1 N–H and O–H groups in total. The Morgan fingerprint density at radius 2 is 2.09 bits per heavy atom. The largest absolute Gasteiger partial charge is 0.496 e. The number of benzene rings is 1. The van der Waals surface area contributed by atoms with Crippen molar-refractivity contribution in [3.8, 4) is 16.3 Å². The van der Waals surface area contributed by atoms with Crippen molar-refractivity contribution in [2.75, 3.05) is 13.7 Å². The summed E-state index contributed by atoms with van der Waals surface area (Å²) in [4.78, 5) is 17.7. The van der Waals surface area contributed by atoms with Gasteiger partial charge in [0.2, 0.25) is 5.91 Å². The Balaban J connectivity index is 2.08. The van der Waals surface area contributed by atoms with E-state index in [1.807, 2.05) is 31.2 Å². The van der Waals surface area contributed by atoms with Gasteiger partial charge in [0.1, 0.15) is 10.8 Å². The Kier molecular flexibility index (Phi) is 6.16. The highest BCUT2D eigenvalue weighted by Gasteiger charge is 2.15. The van der Waals surface area contributed by atoms with E-state index in [-0.39, 0.29) is 5.91 Å². The molecule has 1 heterocycles. The van der Waals surface area contributed by atoms with Gasteiger partial charge in [-0.3, -0.25) is 4.79 Å². The number of ether oxygens (including phenoxy) is 1. The molecule has 1 amide bonds. The predicted molar refractivity (Wildman–Crippen MR) is 95.0 cm³/mol. The fraction of sp³-hybridized carbons (Fsp3) is 0.444. The van der Waals surface area contributed by atoms with Crippen LogP contribution in [0.1, 0.15) is 30.8 Å². The molecule has 1 aromatic carbocycles. The third-order valence-electron chi connectivity index (χ3n) is 3.60. The molecule has 0 aliphatic carbocycles. The first-order valence-electron chi connectivity index (χ1n) is 7.87. The maximum atomic E-state index is 12.1. The zero-order valence-electron chi connectivity index (χ0n) is 14.2. The summed E-state index contributed by atoms with van der Waals surface area (Å²) in [5.74, 6) is 1.45. The first-order chi connectivity index (χ1) is 11.0. The number of aromatic nitrogens is 1. The third-order valence-corrected chi connectivity index (χ3v) is 4.79. The van der Waals surface area contributed by atoms with Crippen molar-refractivity contribution in [3.63, 3.8) is 0 Å². The van der Waals surface area contributed by atoms with E-state index < -0.39 is 0 Å². The zero-order chi connectivity index (χ0) is 16.8. The maximum absolute atomic E-state index is 12.1. The summed E-state index contributed by atoms with van der Waals surface area (Å²) in [7, 11) is 1.66. The normalized spacial score (nSPS) is 10.8. The minimum atomic E-state index is 0.0592. The molecule has 2 rings (SSSR count). The lowest BCUT2D eigenvalue weighted by Gasteiger charge is -2.06. The summed E-state index contributed by atoms with van der Waals surface area (Å²) in [5, 5.41) is 3.87. The monoisotopic (exact) mass is 332 g/mol. The second-order valence-corrected chi connectivity index (χ2v) is 7.02. The Morgan fingerprint density at radius 1 is 1.35 bits per heavy atom. The van der Waals surface area contributed by atoms with Crippen molar-refractivity contribution in [1.82, 2.24) is 10.3 Å². The Morgan fingerprint density at radius 3 is 2.78 bits per heavy atom. The minimum absolute atomic E-state index is 0.0592. The van der Waals surface area contributed by atoms with Crippen LogP contribution >= 0.6 is 11.3 Å². The van der Waals surface area contributed by atoms with E-state index in [1.165, 1.54) is 0 Å². The van der Waals surface area contributed by atoms with Crippen LogP contribution in [0.2, 0.25) is 0 Å². The van der Waals surface area contributed by atoms with Crippen molar-refractivity contribution >= 4 is 17.2 Å². The number of hydrogen-bond donors (Lipinski definition) is 1. The van der Waals surface area contributed by atoms with Crippen LogP contribution in [0, 0.1) is 12.8 Å². The van der Waals surface area contributed by atoms with Gasteiger partial charge in [-0.05, 0) is 31.4 Å². The van der Waals surface area contributed by atoms with Crippen LogP contribution in [0.25, 0.3) is 10.6 Å². The number of carbonyl (C=O) groups is 1. The number of para-hydroxylation sites is 1. The number of hydrogen-bond acceptors (Lipinski definition) is 4. The molecule has 124 valence electrons. The van der Waals surface area contributed by atoms with Crippen LogP contribution in [0.5, 0.6) is 5.75 Å². The van der Waals surface area contributed by atoms with Crippen LogP contribution in [0.3, 0.4) is 0 Å². The molecule has 0 atom stereocenters. The van der Waals surface area contributed by atoms with Crippen molar-refractivity contribution in [1.29, 1.82) is 0 Å². The minimum Gasteiger partial charge on any atom is -0.496 e. The first kappa shape index (κ1) is 17.5. The highest BCUT2D eigenvalue weighted by atomic mass is 32.1. The van der Waals surface area contributed by atoms with Gasteiger partial charge in [0.25, 0.3) is 0 Å². The molecule has 0 saturated heterocycles. The van der Waals surface area contributed by atoms with E-state index in [4.69, 9.17) is 4.74 Å². The smallest absolute Gasteiger partial charge is 0.225 e. The SMILES string of the molecule is COc1ccccc1-c1nc(C)c(CC(=O)NCCC(C)C)s1. The lowest BCUT2D eigenvalue weighted by molar-refractivity contribution is -0.120. The van der Waals surface area contributed by atoms with Gasteiger partial charge in [0.15, 0.2) is 0 Å². The molecule has 0 spiro atoms. The highest BCUT2D eigenvalue weighted by molar-refractivity contribution is 7.15. The van der Waals surface area contributed by atoms with Crippen LogP contribution in [-0.2, 0) is 11.2 Å². The first-order valence-corrected chi connectivity index (χ1v) is 8.69. The van der Waals surface area contributed by atoms with Crippen LogP contribution in [-0.4, -0.2) is 24.5 Å². The molecule has 5 heteroatoms. The molecule has 23 heavy (non-hydrogen) atoms. The van der Waals surface area contributed by atoms with E-state index >= 15 is 0 Å². The molecule has 0 aliphatic rings. The average molecular weight is 332 g/mol. The summed E-state index contributed by atoms with van der Waals surface area (Å²) in [6.45, 7) is 6.98. The summed E-state index contributed by atoms with van der Waals surface area (Å²) in [5.41, 5.74) is 1.88. The molecule has 4 nitrogen and oxygen atoms in total. The molecule has 0 bridgehead atoms. The van der Waals surface area contributed by atoms with Gasteiger partial charge in [-0.2, -0.15) is 0 Å². The van der Waals surface area contributed by atoms with Gasteiger partial charge in [0.05, 0.1) is 24.8 Å². The van der Waals surface area contributed by atoms with Crippen molar-refractivity contribution in [2.24, 2.45) is 5.92 Å². The van der Waals surface area contributed by atoms with Crippen molar-refractivity contribution in [3.05, 3.63) is 34.8 Å². The van der Waals surface area contributed by atoms with E-state index in [0.29, 0.717) is 12.3 Å². The predicted octanol–water partition coefficient (Wildman–Crippen LogP) is 3.83. The standard InChI is InChI=1S/C18H24N2O2S/c1-12(2)9-10-19-17(21)11-16-13(3)20-18(23-16)14-7-5-6-8-15(14)22-4/h5-8,12H,9-11H2,1-4H3,(H,19,21). The Bertz CT molecular complexity index is 665. The van der Waals surface area contributed by atoms with E-state index in [1.54, 1.807) is 18.4 Å². The van der Waals surface area contributed by atoms with E-state index in [9.17, 15) is 4.79 Å². The molecule has 0 radical (unpaired) electrons. The van der Waals surface area contributed by atoms with Crippen LogP contribution in [0.15, 0.2) is 24.3 Å². The second kappa shape index (κ2) is 8.11. The number of nitrogens with zero attached hydrogens (tertiary/aromatic N) is 1. The summed E-state index contributed by atoms with van der Waals surface area (Å²) in [6, 6.07) is 7.81. The number of rotatable bonds is 7.